The third-order valence-electron chi connectivity index (χ3n) is 4.96. The molecule has 2 aromatic heterocycles. The summed E-state index contributed by atoms with van der Waals surface area (Å²) in [5, 5.41) is 0. The number of hydrogen-bond donors (Lipinski definition) is 0. The van der Waals surface area contributed by atoms with Crippen LogP contribution in [0.1, 0.15) is 20.3 Å². The molecule has 1 aromatic carbocycles. The molecule has 7 heteroatoms. The van der Waals surface area contributed by atoms with Gasteiger partial charge in [0, 0.05) is 32.4 Å². The number of anilines is 2. The topological polar surface area (TPSA) is 65.1 Å². The third-order valence-corrected chi connectivity index (χ3v) is 4.96. The Bertz CT molecular complexity index is 1080. The van der Waals surface area contributed by atoms with Crippen LogP contribution in [-0.2, 0) is 20.1 Å². The highest BCUT2D eigenvalue weighted by Gasteiger charge is 2.29. The zero-order chi connectivity index (χ0) is 18.4. The van der Waals surface area contributed by atoms with Crippen molar-refractivity contribution >= 4 is 22.8 Å². The minimum absolute atomic E-state index is 0.245. The van der Waals surface area contributed by atoms with Crippen LogP contribution in [0.25, 0.3) is 11.2 Å². The van der Waals surface area contributed by atoms with Crippen LogP contribution in [-0.4, -0.2) is 25.2 Å². The van der Waals surface area contributed by atoms with E-state index in [0.717, 1.165) is 24.6 Å². The number of imidazole rings is 1. The second-order valence-electron chi connectivity index (χ2n) is 7.04. The average molecular weight is 353 g/mol. The summed E-state index contributed by atoms with van der Waals surface area (Å²) in [5.74, 6) is 1.09. The van der Waals surface area contributed by atoms with Crippen LogP contribution in [0.15, 0.2) is 39.9 Å². The molecule has 1 unspecified atom stereocenters. The normalized spacial score (nSPS) is 16.9. The van der Waals surface area contributed by atoms with E-state index < -0.39 is 0 Å². The Morgan fingerprint density at radius 3 is 2.58 bits per heavy atom. The number of aromatic nitrogens is 4. The molecule has 0 amide bonds. The van der Waals surface area contributed by atoms with Gasteiger partial charge < -0.3 is 9.47 Å². The fraction of sp³-hybridized carbons (Fsp3) is 0.421. The lowest BCUT2D eigenvalue weighted by molar-refractivity contribution is 0.457. The fourth-order valence-corrected chi connectivity index (χ4v) is 3.75. The van der Waals surface area contributed by atoms with Crippen molar-refractivity contribution in [2.45, 2.75) is 33.4 Å². The Labute approximate surface area is 151 Å². The minimum Gasteiger partial charge on any atom is -0.312 e. The molecule has 0 fully saturated rings. The van der Waals surface area contributed by atoms with Crippen molar-refractivity contribution in [2.24, 2.45) is 13.0 Å². The van der Waals surface area contributed by atoms with Crippen molar-refractivity contribution in [2.75, 3.05) is 11.4 Å². The van der Waals surface area contributed by atoms with Crippen LogP contribution in [0, 0.1) is 5.92 Å². The smallest absolute Gasteiger partial charge is 0.312 e. The lowest BCUT2D eigenvalue weighted by atomic mass is 10.1. The molecule has 1 aliphatic heterocycles. The van der Waals surface area contributed by atoms with Gasteiger partial charge in [-0.1, -0.05) is 32.0 Å². The number of aryl methyl sites for hydroxylation is 1. The number of fused-ring (bicyclic) bond motifs is 3. The van der Waals surface area contributed by atoms with Gasteiger partial charge in [0.2, 0.25) is 5.95 Å². The maximum Gasteiger partial charge on any atom is 0.332 e. The van der Waals surface area contributed by atoms with Gasteiger partial charge in [0.15, 0.2) is 11.2 Å². The van der Waals surface area contributed by atoms with E-state index in [9.17, 15) is 9.59 Å². The van der Waals surface area contributed by atoms with Crippen LogP contribution in [0.5, 0.6) is 0 Å². The number of nitrogens with zero attached hydrogens (tertiary/aromatic N) is 5. The molecule has 4 rings (SSSR count). The van der Waals surface area contributed by atoms with Crippen LogP contribution in [0.2, 0.25) is 0 Å². The molecule has 1 aliphatic rings. The maximum absolute atomic E-state index is 13.0. The van der Waals surface area contributed by atoms with Crippen molar-refractivity contribution in [1.29, 1.82) is 0 Å². The van der Waals surface area contributed by atoms with E-state index in [1.807, 2.05) is 41.8 Å². The summed E-state index contributed by atoms with van der Waals surface area (Å²) in [6, 6.07) is 10.0. The molecular formula is C19H23N5O2. The Morgan fingerprint density at radius 2 is 1.88 bits per heavy atom. The van der Waals surface area contributed by atoms with Crippen molar-refractivity contribution in [3.05, 3.63) is 51.2 Å². The molecule has 7 nitrogen and oxygen atoms in total. The summed E-state index contributed by atoms with van der Waals surface area (Å²) >= 11 is 0. The number of para-hydroxylation sites is 1. The van der Waals surface area contributed by atoms with Gasteiger partial charge in [0.1, 0.15) is 0 Å². The van der Waals surface area contributed by atoms with E-state index in [-0.39, 0.29) is 11.2 Å². The van der Waals surface area contributed by atoms with Gasteiger partial charge >= 0.3 is 5.69 Å². The Morgan fingerprint density at radius 1 is 1.15 bits per heavy atom. The zero-order valence-electron chi connectivity index (χ0n) is 15.3. The van der Waals surface area contributed by atoms with Crippen molar-refractivity contribution in [3.8, 4) is 0 Å². The summed E-state index contributed by atoms with van der Waals surface area (Å²) in [4.78, 5) is 32.5. The third kappa shape index (κ3) is 2.38. The van der Waals surface area contributed by atoms with Gasteiger partial charge in [0.05, 0.1) is 0 Å². The maximum atomic E-state index is 13.0. The molecule has 26 heavy (non-hydrogen) atoms. The highest BCUT2D eigenvalue weighted by Crippen LogP contribution is 2.32. The van der Waals surface area contributed by atoms with E-state index in [0.29, 0.717) is 30.2 Å². The van der Waals surface area contributed by atoms with Gasteiger partial charge in [-0.15, -0.1) is 0 Å². The van der Waals surface area contributed by atoms with Gasteiger partial charge in [-0.25, -0.2) is 4.79 Å². The summed E-state index contributed by atoms with van der Waals surface area (Å²) in [6.07, 6.45) is 0.730. The molecule has 0 spiro atoms. The van der Waals surface area contributed by atoms with Crippen molar-refractivity contribution in [3.63, 3.8) is 0 Å². The number of rotatable bonds is 3. The molecule has 0 saturated carbocycles. The average Bonchev–Trinajstić information content (AvgIpc) is 3.03. The van der Waals surface area contributed by atoms with Gasteiger partial charge in [0.25, 0.3) is 5.56 Å². The second-order valence-corrected chi connectivity index (χ2v) is 7.04. The highest BCUT2D eigenvalue weighted by atomic mass is 16.2. The molecular weight excluding hydrogens is 330 g/mol. The Hall–Kier alpha value is -2.83. The molecule has 0 bridgehead atoms. The van der Waals surface area contributed by atoms with Gasteiger partial charge in [-0.3, -0.25) is 13.9 Å². The molecule has 1 atom stereocenters. The van der Waals surface area contributed by atoms with Crippen molar-refractivity contribution < 1.29 is 0 Å². The first kappa shape index (κ1) is 16.6. The Balaban J connectivity index is 2.03. The van der Waals surface area contributed by atoms with Gasteiger partial charge in [-0.05, 0) is 24.5 Å². The van der Waals surface area contributed by atoms with Crippen LogP contribution in [0.4, 0.5) is 11.6 Å². The minimum atomic E-state index is -0.306. The standard InChI is InChI=1S/C19H23N5O2/c1-4-10-22-17(25)15-16(21(3)19(22)26)20-18-23(11-13(2)12-24(15)18)14-8-6-5-7-9-14/h5-9,13H,4,10-12H2,1-3H3. The van der Waals surface area contributed by atoms with E-state index in [1.165, 1.54) is 9.13 Å². The van der Waals surface area contributed by atoms with Crippen molar-refractivity contribution in [1.82, 2.24) is 18.7 Å². The molecule has 0 aliphatic carbocycles. The van der Waals surface area contributed by atoms with E-state index in [4.69, 9.17) is 4.98 Å². The quantitative estimate of drug-likeness (QED) is 0.723. The monoisotopic (exact) mass is 353 g/mol. The molecule has 3 aromatic rings. The SMILES string of the molecule is CCCn1c(=O)c2c(nc3n2CC(C)CN3c2ccccc2)n(C)c1=O. The number of hydrogen-bond acceptors (Lipinski definition) is 4. The predicted molar refractivity (Wildman–Crippen MR) is 102 cm³/mol. The van der Waals surface area contributed by atoms with E-state index in [1.54, 1.807) is 7.05 Å². The van der Waals surface area contributed by atoms with E-state index in [2.05, 4.69) is 11.8 Å². The van der Waals surface area contributed by atoms with Crippen LogP contribution < -0.4 is 16.1 Å². The highest BCUT2D eigenvalue weighted by molar-refractivity contribution is 5.77. The molecule has 136 valence electrons. The lowest BCUT2D eigenvalue weighted by Crippen LogP contribution is -2.40. The molecule has 0 radical (unpaired) electrons. The van der Waals surface area contributed by atoms with E-state index >= 15 is 0 Å². The first-order valence-corrected chi connectivity index (χ1v) is 9.05. The molecule has 0 saturated heterocycles. The van der Waals surface area contributed by atoms with Crippen LogP contribution in [0.3, 0.4) is 0 Å². The van der Waals surface area contributed by atoms with Gasteiger partial charge in [-0.2, -0.15) is 4.98 Å². The molecule has 3 heterocycles. The Kier molecular flexibility index (Phi) is 3.94. The largest absolute Gasteiger partial charge is 0.332 e. The number of benzene rings is 1. The van der Waals surface area contributed by atoms with Crippen LogP contribution >= 0.6 is 0 Å². The summed E-state index contributed by atoms with van der Waals surface area (Å²) < 4.78 is 4.79. The predicted octanol–water partition coefficient (Wildman–Crippen LogP) is 2.09. The first-order chi connectivity index (χ1) is 12.5. The molecule has 0 N–H and O–H groups in total. The zero-order valence-corrected chi connectivity index (χ0v) is 15.3. The summed E-state index contributed by atoms with van der Waals surface area (Å²) in [5.41, 5.74) is 1.46. The summed E-state index contributed by atoms with van der Waals surface area (Å²) in [6.45, 7) is 6.08. The lowest BCUT2D eigenvalue weighted by Gasteiger charge is -2.32. The fourth-order valence-electron chi connectivity index (χ4n) is 3.75. The second kappa shape index (κ2) is 6.16. The summed E-state index contributed by atoms with van der Waals surface area (Å²) in [7, 11) is 1.69. The first-order valence-electron chi connectivity index (χ1n) is 9.05.